The van der Waals surface area contributed by atoms with E-state index in [0.29, 0.717) is 41.0 Å². The normalized spacial score (nSPS) is 14.1. The molecule has 190 valence electrons. The van der Waals surface area contributed by atoms with Crippen molar-refractivity contribution >= 4 is 44.1 Å². The number of nitrogens with one attached hydrogen (secondary N) is 2. The second kappa shape index (κ2) is 10.2. The molecule has 1 aromatic heterocycles. The van der Waals surface area contributed by atoms with E-state index in [1.54, 1.807) is 18.2 Å². The van der Waals surface area contributed by atoms with Gasteiger partial charge >= 0.3 is 0 Å². The SMILES string of the molecule is Cc1cccc(NC(=O)c2oc3ccccc3c2NCC(=O)c2ccc(S(=O)(=O)N3CCCC3)cc2)c1. The summed E-state index contributed by atoms with van der Waals surface area (Å²) in [4.78, 5) is 26.2. The van der Waals surface area contributed by atoms with Gasteiger partial charge in [0.2, 0.25) is 15.8 Å². The van der Waals surface area contributed by atoms with Crippen molar-refractivity contribution in [1.29, 1.82) is 0 Å². The van der Waals surface area contributed by atoms with E-state index in [2.05, 4.69) is 10.6 Å². The van der Waals surface area contributed by atoms with Crippen LogP contribution in [0.25, 0.3) is 11.0 Å². The Morgan fingerprint density at radius 2 is 1.68 bits per heavy atom. The third-order valence-electron chi connectivity index (χ3n) is 6.38. The van der Waals surface area contributed by atoms with Gasteiger partial charge in [0.1, 0.15) is 5.58 Å². The fourth-order valence-corrected chi connectivity index (χ4v) is 5.97. The number of benzene rings is 3. The largest absolute Gasteiger partial charge is 0.449 e. The van der Waals surface area contributed by atoms with Gasteiger partial charge in [-0.2, -0.15) is 4.31 Å². The number of ketones is 1. The molecule has 9 heteroatoms. The molecule has 0 bridgehead atoms. The molecule has 0 aliphatic carbocycles. The van der Waals surface area contributed by atoms with E-state index < -0.39 is 15.9 Å². The Hall–Kier alpha value is -3.95. The molecule has 0 unspecified atom stereocenters. The van der Waals surface area contributed by atoms with Crippen LogP contribution in [0.15, 0.2) is 82.1 Å². The van der Waals surface area contributed by atoms with E-state index in [4.69, 9.17) is 4.42 Å². The second-order valence-electron chi connectivity index (χ2n) is 9.04. The van der Waals surface area contributed by atoms with Gasteiger partial charge in [-0.25, -0.2) is 8.42 Å². The summed E-state index contributed by atoms with van der Waals surface area (Å²) in [6.45, 7) is 2.87. The van der Waals surface area contributed by atoms with Gasteiger partial charge in [0.05, 0.1) is 17.1 Å². The van der Waals surface area contributed by atoms with Crippen molar-refractivity contribution in [2.24, 2.45) is 0 Å². The van der Waals surface area contributed by atoms with Crippen LogP contribution in [0.5, 0.6) is 0 Å². The number of fused-ring (bicyclic) bond motifs is 1. The Morgan fingerprint density at radius 1 is 0.946 bits per heavy atom. The van der Waals surface area contributed by atoms with Crippen molar-refractivity contribution in [1.82, 2.24) is 4.31 Å². The minimum Gasteiger partial charge on any atom is -0.449 e. The lowest BCUT2D eigenvalue weighted by molar-refractivity contribution is 0.0991. The summed E-state index contributed by atoms with van der Waals surface area (Å²) in [5.74, 6) is -0.615. The summed E-state index contributed by atoms with van der Waals surface area (Å²) in [5.41, 5.74) is 2.94. The van der Waals surface area contributed by atoms with Crippen molar-refractivity contribution in [2.45, 2.75) is 24.7 Å². The van der Waals surface area contributed by atoms with Crippen molar-refractivity contribution in [2.75, 3.05) is 30.3 Å². The minimum absolute atomic E-state index is 0.0718. The first-order chi connectivity index (χ1) is 17.8. The van der Waals surface area contributed by atoms with E-state index in [1.165, 1.54) is 28.6 Å². The highest BCUT2D eigenvalue weighted by molar-refractivity contribution is 7.89. The zero-order chi connectivity index (χ0) is 26.0. The highest BCUT2D eigenvalue weighted by atomic mass is 32.2. The highest BCUT2D eigenvalue weighted by Gasteiger charge is 2.27. The molecule has 2 heterocycles. The fourth-order valence-electron chi connectivity index (χ4n) is 4.45. The second-order valence-corrected chi connectivity index (χ2v) is 11.0. The van der Waals surface area contributed by atoms with E-state index in [9.17, 15) is 18.0 Å². The fraction of sp³-hybridized carbons (Fsp3) is 0.214. The molecule has 1 aliphatic rings. The smallest absolute Gasteiger partial charge is 0.293 e. The summed E-state index contributed by atoms with van der Waals surface area (Å²) >= 11 is 0. The summed E-state index contributed by atoms with van der Waals surface area (Å²) in [7, 11) is -3.55. The van der Waals surface area contributed by atoms with Gasteiger partial charge in [-0.05, 0) is 73.9 Å². The first kappa shape index (κ1) is 24.7. The summed E-state index contributed by atoms with van der Waals surface area (Å²) < 4.78 is 32.8. The molecule has 37 heavy (non-hydrogen) atoms. The van der Waals surface area contributed by atoms with Gasteiger partial charge in [-0.3, -0.25) is 9.59 Å². The number of sulfonamides is 1. The number of para-hydroxylation sites is 1. The van der Waals surface area contributed by atoms with E-state index >= 15 is 0 Å². The van der Waals surface area contributed by atoms with E-state index in [0.717, 1.165) is 18.4 Å². The number of aryl methyl sites for hydroxylation is 1. The molecule has 5 rings (SSSR count). The number of nitrogens with zero attached hydrogens (tertiary/aromatic N) is 1. The number of Topliss-reactive ketones (excluding diaryl/α,β-unsaturated/α-hetero) is 1. The van der Waals surface area contributed by atoms with Gasteiger partial charge in [-0.15, -0.1) is 0 Å². The molecule has 8 nitrogen and oxygen atoms in total. The van der Waals surface area contributed by atoms with Crippen LogP contribution in [0.4, 0.5) is 11.4 Å². The van der Waals surface area contributed by atoms with Crippen LogP contribution in [-0.4, -0.2) is 44.0 Å². The Kier molecular flexibility index (Phi) is 6.82. The summed E-state index contributed by atoms with van der Waals surface area (Å²) in [6.07, 6.45) is 1.71. The van der Waals surface area contributed by atoms with E-state index in [1.807, 2.05) is 37.3 Å². The van der Waals surface area contributed by atoms with Crippen LogP contribution in [0.2, 0.25) is 0 Å². The van der Waals surface area contributed by atoms with Crippen LogP contribution in [0.1, 0.15) is 39.3 Å². The van der Waals surface area contributed by atoms with Crippen LogP contribution in [0.3, 0.4) is 0 Å². The average Bonchev–Trinajstić information content (AvgIpc) is 3.56. The predicted octanol–water partition coefficient (Wildman–Crippen LogP) is 5.07. The van der Waals surface area contributed by atoms with Crippen molar-refractivity contribution < 1.29 is 22.4 Å². The Labute approximate surface area is 215 Å². The quantitative estimate of drug-likeness (QED) is 0.316. The number of hydrogen-bond acceptors (Lipinski definition) is 6. The monoisotopic (exact) mass is 517 g/mol. The number of rotatable bonds is 8. The first-order valence-corrected chi connectivity index (χ1v) is 13.5. The number of anilines is 2. The third kappa shape index (κ3) is 5.14. The van der Waals surface area contributed by atoms with Crippen LogP contribution in [-0.2, 0) is 10.0 Å². The Morgan fingerprint density at radius 3 is 2.41 bits per heavy atom. The Bertz CT molecular complexity index is 1570. The number of carbonyl (C=O) groups excluding carboxylic acids is 2. The topological polar surface area (TPSA) is 109 Å². The maximum absolute atomic E-state index is 13.1. The molecule has 0 radical (unpaired) electrons. The van der Waals surface area contributed by atoms with Crippen molar-refractivity contribution in [3.63, 3.8) is 0 Å². The molecule has 1 fully saturated rings. The first-order valence-electron chi connectivity index (χ1n) is 12.1. The predicted molar refractivity (Wildman–Crippen MR) is 143 cm³/mol. The lowest BCUT2D eigenvalue weighted by Crippen LogP contribution is -2.27. The molecule has 3 aromatic carbocycles. The molecule has 1 aliphatic heterocycles. The maximum atomic E-state index is 13.1. The lowest BCUT2D eigenvalue weighted by atomic mass is 10.1. The number of amides is 1. The maximum Gasteiger partial charge on any atom is 0.293 e. The van der Waals surface area contributed by atoms with Gasteiger partial charge < -0.3 is 15.1 Å². The summed E-state index contributed by atoms with van der Waals surface area (Å²) in [5, 5.41) is 6.59. The highest BCUT2D eigenvalue weighted by Crippen LogP contribution is 2.31. The Balaban J connectivity index is 1.34. The standard InChI is InChI=1S/C28H27N3O5S/c1-19-7-6-8-21(17-19)30-28(33)27-26(23-9-2-3-10-25(23)36-27)29-18-24(32)20-11-13-22(14-12-20)37(34,35)31-15-4-5-16-31/h2-3,6-14,17,29H,4-5,15-16,18H2,1H3,(H,30,33). The molecule has 4 aromatic rings. The van der Waals surface area contributed by atoms with Crippen LogP contribution >= 0.6 is 0 Å². The molecule has 0 atom stereocenters. The minimum atomic E-state index is -3.55. The van der Waals surface area contributed by atoms with Gasteiger partial charge in [0, 0.05) is 29.7 Å². The third-order valence-corrected chi connectivity index (χ3v) is 8.30. The molecule has 1 amide bonds. The molecular weight excluding hydrogens is 490 g/mol. The zero-order valence-corrected chi connectivity index (χ0v) is 21.2. The van der Waals surface area contributed by atoms with Gasteiger partial charge in [-0.1, -0.05) is 24.3 Å². The average molecular weight is 518 g/mol. The van der Waals surface area contributed by atoms with Crippen molar-refractivity contribution in [3.8, 4) is 0 Å². The van der Waals surface area contributed by atoms with Gasteiger partial charge in [0.15, 0.2) is 5.78 Å². The molecule has 1 saturated heterocycles. The molecule has 0 spiro atoms. The zero-order valence-electron chi connectivity index (χ0n) is 20.4. The van der Waals surface area contributed by atoms with Gasteiger partial charge in [0.25, 0.3) is 5.91 Å². The van der Waals surface area contributed by atoms with Crippen LogP contribution < -0.4 is 10.6 Å². The van der Waals surface area contributed by atoms with E-state index in [-0.39, 0.29) is 23.0 Å². The number of carbonyl (C=O) groups is 2. The summed E-state index contributed by atoms with van der Waals surface area (Å²) in [6, 6.07) is 20.6. The number of hydrogen-bond donors (Lipinski definition) is 2. The molecule has 0 saturated carbocycles. The van der Waals surface area contributed by atoms with Crippen LogP contribution in [0, 0.1) is 6.92 Å². The number of furan rings is 1. The molecular formula is C28H27N3O5S. The molecule has 2 N–H and O–H groups in total. The lowest BCUT2D eigenvalue weighted by Gasteiger charge is -2.15. The van der Waals surface area contributed by atoms with Crippen molar-refractivity contribution in [3.05, 3.63) is 89.7 Å².